The van der Waals surface area contributed by atoms with Gasteiger partial charge in [0.25, 0.3) is 0 Å². The maximum absolute atomic E-state index is 13.5. The largest absolute Gasteiger partial charge is 0.399 e. The highest BCUT2D eigenvalue weighted by atomic mass is 35.5. The van der Waals surface area contributed by atoms with Crippen LogP contribution in [0.4, 0.5) is 13.2 Å². The standard InChI is InChI=1S/C19H15Cl3F3NO/c1-11(27)26-10-13-4-2-12(6-18(13)22)3-5-17(19(23,24)25)14-7-15(20)9-16(21)8-14/h2-9,17H,10H2,1H3,(H,26,27). The van der Waals surface area contributed by atoms with Crippen LogP contribution in [0.25, 0.3) is 6.08 Å². The molecule has 0 fully saturated rings. The third-order valence-electron chi connectivity index (χ3n) is 3.68. The van der Waals surface area contributed by atoms with Gasteiger partial charge in [-0.3, -0.25) is 4.79 Å². The second kappa shape index (κ2) is 9.00. The predicted octanol–water partition coefficient (Wildman–Crippen LogP) is 6.64. The molecule has 2 aromatic rings. The maximum atomic E-state index is 13.5. The van der Waals surface area contributed by atoms with Crippen LogP contribution in [0.15, 0.2) is 42.5 Å². The highest BCUT2D eigenvalue weighted by Crippen LogP contribution is 2.38. The molecule has 0 radical (unpaired) electrons. The van der Waals surface area contributed by atoms with Crippen LogP contribution in [-0.2, 0) is 11.3 Å². The van der Waals surface area contributed by atoms with Gasteiger partial charge in [-0.1, -0.05) is 59.1 Å². The van der Waals surface area contributed by atoms with Crippen molar-refractivity contribution in [3.8, 4) is 0 Å². The van der Waals surface area contributed by atoms with E-state index < -0.39 is 12.1 Å². The summed E-state index contributed by atoms with van der Waals surface area (Å²) in [6.07, 6.45) is -2.15. The Labute approximate surface area is 169 Å². The van der Waals surface area contributed by atoms with E-state index in [2.05, 4.69) is 5.32 Å². The summed E-state index contributed by atoms with van der Waals surface area (Å²) in [6.45, 7) is 1.62. The molecule has 0 aromatic heterocycles. The van der Waals surface area contributed by atoms with E-state index in [9.17, 15) is 18.0 Å². The van der Waals surface area contributed by atoms with E-state index in [0.717, 1.165) is 6.08 Å². The second-order valence-corrected chi connectivity index (χ2v) is 7.12. The zero-order valence-corrected chi connectivity index (χ0v) is 16.3. The van der Waals surface area contributed by atoms with Crippen LogP contribution in [0, 0.1) is 0 Å². The van der Waals surface area contributed by atoms with Gasteiger partial charge >= 0.3 is 6.18 Å². The molecule has 2 aromatic carbocycles. The number of halogens is 6. The van der Waals surface area contributed by atoms with Crippen molar-refractivity contribution in [3.63, 3.8) is 0 Å². The van der Waals surface area contributed by atoms with E-state index >= 15 is 0 Å². The van der Waals surface area contributed by atoms with Crippen molar-refractivity contribution < 1.29 is 18.0 Å². The van der Waals surface area contributed by atoms with Crippen LogP contribution in [0.3, 0.4) is 0 Å². The highest BCUT2D eigenvalue weighted by Gasteiger charge is 2.39. The summed E-state index contributed by atoms with van der Waals surface area (Å²) < 4.78 is 40.5. The first-order valence-corrected chi connectivity index (χ1v) is 8.93. The minimum Gasteiger partial charge on any atom is -0.352 e. The zero-order chi connectivity index (χ0) is 20.2. The summed E-state index contributed by atoms with van der Waals surface area (Å²) in [5.41, 5.74) is 1.11. The number of carbonyl (C=O) groups excluding carboxylic acids is 1. The fraction of sp³-hybridized carbons (Fsp3) is 0.211. The minimum absolute atomic E-state index is 0.0513. The van der Waals surface area contributed by atoms with Gasteiger partial charge in [0.15, 0.2) is 0 Å². The van der Waals surface area contributed by atoms with Crippen molar-refractivity contribution in [2.45, 2.75) is 25.6 Å². The number of carbonyl (C=O) groups is 1. The molecule has 8 heteroatoms. The van der Waals surface area contributed by atoms with E-state index in [1.54, 1.807) is 12.1 Å². The van der Waals surface area contributed by atoms with Gasteiger partial charge in [0.05, 0.1) is 5.92 Å². The van der Waals surface area contributed by atoms with Gasteiger partial charge in [0.2, 0.25) is 5.91 Å². The number of hydrogen-bond donors (Lipinski definition) is 1. The highest BCUT2D eigenvalue weighted by molar-refractivity contribution is 6.34. The first-order valence-electron chi connectivity index (χ1n) is 7.80. The lowest BCUT2D eigenvalue weighted by Crippen LogP contribution is -2.19. The maximum Gasteiger partial charge on any atom is 0.399 e. The molecule has 27 heavy (non-hydrogen) atoms. The molecule has 1 atom stereocenters. The lowest BCUT2D eigenvalue weighted by Gasteiger charge is -2.18. The van der Waals surface area contributed by atoms with E-state index in [4.69, 9.17) is 34.8 Å². The molecule has 144 valence electrons. The van der Waals surface area contributed by atoms with Crippen molar-refractivity contribution in [3.05, 3.63) is 74.2 Å². The Bertz CT molecular complexity index is 846. The molecule has 0 aliphatic heterocycles. The van der Waals surface area contributed by atoms with Crippen LogP contribution in [0.2, 0.25) is 15.1 Å². The Morgan fingerprint density at radius 3 is 2.26 bits per heavy atom. The van der Waals surface area contributed by atoms with Gasteiger partial charge in [0.1, 0.15) is 0 Å². The van der Waals surface area contributed by atoms with Crippen LogP contribution in [0.5, 0.6) is 0 Å². The summed E-state index contributed by atoms with van der Waals surface area (Å²) in [6, 6.07) is 8.65. The molecule has 0 aliphatic carbocycles. The zero-order valence-electron chi connectivity index (χ0n) is 14.1. The van der Waals surface area contributed by atoms with Gasteiger partial charge < -0.3 is 5.32 Å². The molecule has 0 saturated heterocycles. The van der Waals surface area contributed by atoms with Gasteiger partial charge in [-0.15, -0.1) is 0 Å². The Kier molecular flexibility index (Phi) is 7.20. The lowest BCUT2D eigenvalue weighted by atomic mass is 9.97. The molecule has 0 aliphatic rings. The van der Waals surface area contributed by atoms with Crippen molar-refractivity contribution in [2.75, 3.05) is 0 Å². The molecule has 0 heterocycles. The normalized spacial score (nSPS) is 13.0. The summed E-state index contributed by atoms with van der Waals surface area (Å²) in [7, 11) is 0. The van der Waals surface area contributed by atoms with Gasteiger partial charge in [-0.25, -0.2) is 0 Å². The first-order chi connectivity index (χ1) is 12.6. The predicted molar refractivity (Wildman–Crippen MR) is 103 cm³/mol. The quantitative estimate of drug-likeness (QED) is 0.559. The molecule has 0 saturated carbocycles. The van der Waals surface area contributed by atoms with Crippen molar-refractivity contribution in [1.29, 1.82) is 0 Å². The van der Waals surface area contributed by atoms with Crippen molar-refractivity contribution in [2.24, 2.45) is 0 Å². The van der Waals surface area contributed by atoms with Crippen LogP contribution >= 0.6 is 34.8 Å². The molecule has 1 amide bonds. The molecule has 0 spiro atoms. The smallest absolute Gasteiger partial charge is 0.352 e. The van der Waals surface area contributed by atoms with Crippen LogP contribution < -0.4 is 5.32 Å². The molecule has 1 unspecified atom stereocenters. The Morgan fingerprint density at radius 2 is 1.74 bits per heavy atom. The van der Waals surface area contributed by atoms with Crippen LogP contribution in [0.1, 0.15) is 29.5 Å². The number of hydrogen-bond acceptors (Lipinski definition) is 1. The van der Waals surface area contributed by atoms with Gasteiger partial charge in [-0.2, -0.15) is 13.2 Å². The number of allylic oxidation sites excluding steroid dienone is 1. The topological polar surface area (TPSA) is 29.1 Å². The Morgan fingerprint density at radius 1 is 1.11 bits per heavy atom. The van der Waals surface area contributed by atoms with Crippen molar-refractivity contribution in [1.82, 2.24) is 5.32 Å². The molecule has 1 N–H and O–H groups in total. The minimum atomic E-state index is -4.51. The summed E-state index contributed by atoms with van der Waals surface area (Å²) in [4.78, 5) is 11.0. The third-order valence-corrected chi connectivity index (χ3v) is 4.47. The first kappa shape index (κ1) is 21.6. The number of rotatable bonds is 5. The number of nitrogens with one attached hydrogen (secondary N) is 1. The third kappa shape index (κ3) is 6.45. The number of benzene rings is 2. The fourth-order valence-electron chi connectivity index (χ4n) is 2.40. The van der Waals surface area contributed by atoms with Crippen LogP contribution in [-0.4, -0.2) is 12.1 Å². The van der Waals surface area contributed by atoms with Gasteiger partial charge in [-0.05, 0) is 41.0 Å². The SMILES string of the molecule is CC(=O)NCc1ccc(C=CC(c2cc(Cl)cc(Cl)c2)C(F)(F)F)cc1Cl. The summed E-state index contributed by atoms with van der Waals surface area (Å²) in [5, 5.41) is 3.22. The fourth-order valence-corrected chi connectivity index (χ4v) is 3.20. The van der Waals surface area contributed by atoms with E-state index in [1.807, 2.05) is 0 Å². The second-order valence-electron chi connectivity index (χ2n) is 5.84. The Hall–Kier alpha value is -1.69. The lowest BCUT2D eigenvalue weighted by molar-refractivity contribution is -0.139. The molecular weight excluding hydrogens is 422 g/mol. The molecule has 0 bridgehead atoms. The van der Waals surface area contributed by atoms with Crippen molar-refractivity contribution >= 4 is 46.8 Å². The average molecular weight is 437 g/mol. The Balaban J connectivity index is 2.28. The number of amides is 1. The van der Waals surface area contributed by atoms with E-state index in [1.165, 1.54) is 37.3 Å². The van der Waals surface area contributed by atoms with E-state index in [-0.39, 0.29) is 28.1 Å². The average Bonchev–Trinajstić information content (AvgIpc) is 2.51. The molecular formula is C19H15Cl3F3NO. The molecule has 2 rings (SSSR count). The monoisotopic (exact) mass is 435 g/mol. The van der Waals surface area contributed by atoms with E-state index in [0.29, 0.717) is 16.1 Å². The summed E-state index contributed by atoms with van der Waals surface area (Å²) in [5.74, 6) is -2.07. The van der Waals surface area contributed by atoms with Gasteiger partial charge in [0, 0.05) is 28.5 Å². The molecule has 2 nitrogen and oxygen atoms in total. The number of alkyl halides is 3. The summed E-state index contributed by atoms with van der Waals surface area (Å²) >= 11 is 17.8.